The number of pyridine rings is 4. The van der Waals surface area contributed by atoms with Crippen molar-refractivity contribution < 1.29 is 59.4 Å². The molecular formula is C80H68Ir2N10O4. The van der Waals surface area contributed by atoms with E-state index >= 15 is 0 Å². The van der Waals surface area contributed by atoms with Crippen molar-refractivity contribution in [1.82, 2.24) is 29.9 Å². The summed E-state index contributed by atoms with van der Waals surface area (Å²) in [6.45, 7) is 0. The molecule has 0 spiro atoms. The predicted molar refractivity (Wildman–Crippen MR) is 367 cm³/mol. The molecule has 2 fully saturated rings. The largest absolute Gasteiger partial charge is 3.00 e. The molecule has 4 amide bonds. The van der Waals surface area contributed by atoms with Crippen molar-refractivity contribution in [3.05, 3.63) is 267 Å². The van der Waals surface area contributed by atoms with Crippen molar-refractivity contribution in [1.29, 1.82) is 0 Å². The van der Waals surface area contributed by atoms with Crippen molar-refractivity contribution >= 4 is 46.4 Å². The molecule has 0 N–H and O–H groups in total. The van der Waals surface area contributed by atoms with E-state index in [2.05, 4.69) is 78.4 Å². The van der Waals surface area contributed by atoms with Gasteiger partial charge in [0.25, 0.3) is 0 Å². The summed E-state index contributed by atoms with van der Waals surface area (Å²) in [5, 5.41) is 0. The molecule has 2 aliphatic carbocycles. The first kappa shape index (κ1) is 69.0. The summed E-state index contributed by atoms with van der Waals surface area (Å²) in [7, 11) is 7.19. The van der Waals surface area contributed by atoms with Gasteiger partial charge in [-0.3, -0.25) is 31.3 Å². The van der Waals surface area contributed by atoms with Crippen LogP contribution in [0.5, 0.6) is 0 Å². The SMILES string of the molecule is CN(C(=O)C1CC(C(=O)N(C)c2c[c-]c(-c3ccccn3)cc2)CC(c2ccccc2-c2c[c-]c(-c3ncccn3)[c-]c2)C1)c1c[c-]c(-c2ccccn2)cc1.CN(C(=O)C1CCCC(C(=O)N(C)c2c[c-]c(-c3ccccn3)cc2)C1)c1c[c-]c(-c2ccccn2)cc1.[Ir+3].[Ir+3]. The minimum absolute atomic E-state index is 0. The molecule has 0 saturated heterocycles. The summed E-state index contributed by atoms with van der Waals surface area (Å²) in [5.41, 5.74) is 13.5. The van der Waals surface area contributed by atoms with Gasteiger partial charge in [-0.25, -0.2) is 17.7 Å². The van der Waals surface area contributed by atoms with E-state index in [9.17, 15) is 19.2 Å². The molecule has 480 valence electrons. The predicted octanol–water partition coefficient (Wildman–Crippen LogP) is 14.8. The minimum Gasteiger partial charge on any atom is -0.355 e. The minimum atomic E-state index is -0.404. The number of rotatable bonds is 15. The summed E-state index contributed by atoms with van der Waals surface area (Å²) in [4.78, 5) is 88.8. The maximum atomic E-state index is 14.5. The number of benzene rings is 6. The van der Waals surface area contributed by atoms with Gasteiger partial charge in [-0.1, -0.05) is 90.3 Å². The Morgan fingerprint density at radius 3 is 1.03 bits per heavy atom. The Morgan fingerprint density at radius 1 is 0.354 bits per heavy atom. The molecule has 11 aromatic rings. The van der Waals surface area contributed by atoms with Gasteiger partial charge in [0.05, 0.1) is 0 Å². The van der Waals surface area contributed by atoms with Crippen LogP contribution in [0.15, 0.2) is 225 Å². The average Bonchev–Trinajstić information content (AvgIpc) is 0.797. The number of carbonyl (C=O) groups excluding carboxylic acids is 4. The van der Waals surface area contributed by atoms with E-state index in [0.29, 0.717) is 37.1 Å². The molecule has 5 aromatic heterocycles. The van der Waals surface area contributed by atoms with E-state index in [-0.39, 0.29) is 81.6 Å². The van der Waals surface area contributed by atoms with Crippen molar-refractivity contribution in [3.8, 4) is 67.5 Å². The second-order valence-corrected chi connectivity index (χ2v) is 23.7. The fourth-order valence-corrected chi connectivity index (χ4v) is 12.7. The molecular weight excluding hydrogens is 1550 g/mol. The molecule has 14 nitrogen and oxygen atoms in total. The van der Waals surface area contributed by atoms with Crippen LogP contribution in [0.2, 0.25) is 0 Å². The second kappa shape index (κ2) is 32.5. The molecule has 2 aliphatic rings. The monoisotopic (exact) mass is 1620 g/mol. The molecule has 2 saturated carbocycles. The Morgan fingerprint density at radius 2 is 0.688 bits per heavy atom. The quantitative estimate of drug-likeness (QED) is 0.0904. The zero-order chi connectivity index (χ0) is 64.9. The third-order valence-electron chi connectivity index (χ3n) is 17.8. The number of hydrogen-bond donors (Lipinski definition) is 0. The van der Waals surface area contributed by atoms with Crippen molar-refractivity contribution in [2.75, 3.05) is 47.8 Å². The third kappa shape index (κ3) is 16.3. The van der Waals surface area contributed by atoms with Gasteiger partial charge in [0.2, 0.25) is 23.6 Å². The van der Waals surface area contributed by atoms with Crippen LogP contribution in [0, 0.1) is 60.1 Å². The summed E-state index contributed by atoms with van der Waals surface area (Å²) in [6.07, 6.45) is 15.0. The van der Waals surface area contributed by atoms with E-state index in [1.54, 1.807) is 91.0 Å². The van der Waals surface area contributed by atoms with E-state index in [4.69, 9.17) is 0 Å². The molecule has 13 rings (SSSR count). The number of aromatic nitrogens is 6. The van der Waals surface area contributed by atoms with Crippen molar-refractivity contribution in [3.63, 3.8) is 0 Å². The summed E-state index contributed by atoms with van der Waals surface area (Å²) >= 11 is 0. The molecule has 0 aliphatic heterocycles. The van der Waals surface area contributed by atoms with Gasteiger partial charge in [-0.15, -0.1) is 119 Å². The molecule has 5 heterocycles. The van der Waals surface area contributed by atoms with Gasteiger partial charge in [0, 0.05) is 89.0 Å². The Hall–Kier alpha value is -9.82. The third-order valence-corrected chi connectivity index (χ3v) is 17.8. The van der Waals surface area contributed by atoms with Crippen LogP contribution >= 0.6 is 0 Å². The van der Waals surface area contributed by atoms with Gasteiger partial charge in [-0.05, 0) is 126 Å². The van der Waals surface area contributed by atoms with Crippen molar-refractivity contribution in [2.24, 2.45) is 23.7 Å². The van der Waals surface area contributed by atoms with Gasteiger partial charge in [0.15, 0.2) is 0 Å². The van der Waals surface area contributed by atoms with Gasteiger partial charge in [0.1, 0.15) is 0 Å². The number of nitrogens with zero attached hydrogens (tertiary/aromatic N) is 10. The molecule has 16 heteroatoms. The fourth-order valence-electron chi connectivity index (χ4n) is 12.7. The summed E-state index contributed by atoms with van der Waals surface area (Å²) in [6, 6.07) is 79.3. The fraction of sp³-hybridized carbons (Fsp3) is 0.200. The van der Waals surface area contributed by atoms with Gasteiger partial charge < -0.3 is 49.5 Å². The maximum Gasteiger partial charge on any atom is 3.00 e. The number of anilines is 4. The van der Waals surface area contributed by atoms with E-state index in [0.717, 1.165) is 104 Å². The van der Waals surface area contributed by atoms with E-state index in [1.807, 2.05) is 170 Å². The van der Waals surface area contributed by atoms with Crippen molar-refractivity contribution in [2.45, 2.75) is 50.9 Å². The smallest absolute Gasteiger partial charge is 0.355 e. The normalized spacial score (nSPS) is 16.4. The molecule has 0 bridgehead atoms. The Balaban J connectivity index is 0.000000219. The first-order valence-electron chi connectivity index (χ1n) is 31.6. The number of hydrogen-bond acceptors (Lipinski definition) is 10. The number of carbonyl (C=O) groups is 4. The van der Waals surface area contributed by atoms with Crippen LogP contribution in [0.4, 0.5) is 22.7 Å². The molecule has 6 aromatic carbocycles. The first-order chi connectivity index (χ1) is 45.9. The summed E-state index contributed by atoms with van der Waals surface area (Å²) < 4.78 is 0. The molecule has 4 unspecified atom stereocenters. The van der Waals surface area contributed by atoms with Crippen LogP contribution in [0.25, 0.3) is 67.5 Å². The number of amides is 4. The first-order valence-corrected chi connectivity index (χ1v) is 31.6. The van der Waals surface area contributed by atoms with Crippen LogP contribution in [-0.4, -0.2) is 81.7 Å². The second-order valence-electron chi connectivity index (χ2n) is 23.7. The standard InChI is InChI=1S/C48H38N6O2.C32H30N4O2.2Ir/c1-53(40-22-18-34(19-23-40)44-12-5-7-26-49-44)47(55)38-30-37(43-11-4-3-10-42(43)33-14-16-36(17-15-33)46-51-28-9-29-52-46)31-39(32-38)48(56)54(2)41-24-20-35(21-25-41)45-13-6-8-27-50-45;1-35(27-16-12-23(13-17-27)29-10-3-5-20-33-29)31(37)25-8-7-9-26(22-25)32(38)36(2)28-18-14-24(15-19-28)30-11-4-6-21-34-30;;/h3-15,18,20,22-29,37-39H,30-32H2,1-2H3;3-6,10-12,14,16-21,25-26H,7-9,22H2,1-2H3;;/q-4;-2;2*+3. The topological polar surface area (TPSA) is 159 Å². The molecule has 0 radical (unpaired) electrons. The Bertz CT molecular complexity index is 4120. The Kier molecular flexibility index (Phi) is 23.4. The molecule has 96 heavy (non-hydrogen) atoms. The van der Waals surface area contributed by atoms with Crippen LogP contribution < -0.4 is 19.6 Å². The zero-order valence-electron chi connectivity index (χ0n) is 53.5. The van der Waals surface area contributed by atoms with Gasteiger partial charge in [-0.2, -0.15) is 5.56 Å². The van der Waals surface area contributed by atoms with Gasteiger partial charge >= 0.3 is 40.2 Å². The van der Waals surface area contributed by atoms with Crippen LogP contribution in [0.3, 0.4) is 0 Å². The van der Waals surface area contributed by atoms with Crippen LogP contribution in [0.1, 0.15) is 56.4 Å². The summed E-state index contributed by atoms with van der Waals surface area (Å²) in [5.74, 6) is -0.691. The Labute approximate surface area is 588 Å². The maximum absolute atomic E-state index is 14.5. The van der Waals surface area contributed by atoms with Crippen LogP contribution in [-0.2, 0) is 59.4 Å². The van der Waals surface area contributed by atoms with E-state index in [1.165, 1.54) is 0 Å². The zero-order valence-corrected chi connectivity index (χ0v) is 58.3. The molecule has 4 atom stereocenters. The average molecular weight is 1620 g/mol. The van der Waals surface area contributed by atoms with E-state index < -0.39 is 11.8 Å².